The molecule has 1 saturated heterocycles. The zero-order chi connectivity index (χ0) is 24.9. The van der Waals surface area contributed by atoms with E-state index >= 15 is 0 Å². The molecule has 2 unspecified atom stereocenters. The summed E-state index contributed by atoms with van der Waals surface area (Å²) in [6.45, 7) is 0. The number of nitro groups is 1. The summed E-state index contributed by atoms with van der Waals surface area (Å²) in [4.78, 5) is 63.0. The Labute approximate surface area is 196 Å². The van der Waals surface area contributed by atoms with Gasteiger partial charge in [0.15, 0.2) is 11.0 Å². The van der Waals surface area contributed by atoms with Crippen molar-refractivity contribution < 1.29 is 41.9 Å². The van der Waals surface area contributed by atoms with Gasteiger partial charge in [-0.1, -0.05) is 34.5 Å². The van der Waals surface area contributed by atoms with Gasteiger partial charge in [0.2, 0.25) is 0 Å². The Morgan fingerprint density at radius 3 is 2.55 bits per heavy atom. The lowest BCUT2D eigenvalue weighted by atomic mass is 10.0. The molecule has 0 saturated carbocycles. The number of imide groups is 1. The van der Waals surface area contributed by atoms with E-state index in [1.165, 1.54) is 18.2 Å². The van der Waals surface area contributed by atoms with Gasteiger partial charge < -0.3 is 10.6 Å². The molecule has 33 heavy (non-hydrogen) atoms. The Bertz CT molecular complexity index is 1090. The molecule has 1 aliphatic rings. The largest absolute Gasteiger partial charge is 0.349 e. The van der Waals surface area contributed by atoms with E-state index in [0.29, 0.717) is 12.0 Å². The highest BCUT2D eigenvalue weighted by atomic mass is 79.9. The number of amides is 2. The molecular formula is C18H20BrN3O10S. The first-order valence-corrected chi connectivity index (χ1v) is 12.2. The molecule has 0 spiro atoms. The van der Waals surface area contributed by atoms with Crippen LogP contribution < -0.4 is 5.73 Å². The van der Waals surface area contributed by atoms with Gasteiger partial charge in [-0.15, -0.1) is 5.06 Å². The highest BCUT2D eigenvalue weighted by molar-refractivity contribution is 9.08. The fraction of sp³-hybridized carbons (Fsp3) is 0.444. The van der Waals surface area contributed by atoms with Gasteiger partial charge in [-0.05, 0) is 12.8 Å². The van der Waals surface area contributed by atoms with Gasteiger partial charge in [0.25, 0.3) is 27.6 Å². The molecule has 2 atom stereocenters. The zero-order valence-electron chi connectivity index (χ0n) is 17.0. The second kappa shape index (κ2) is 10.9. The number of alkyl halides is 1. The predicted octanol–water partition coefficient (Wildman–Crippen LogP) is 1.03. The number of nitrogens with two attached hydrogens (primary N) is 1. The lowest BCUT2D eigenvalue weighted by molar-refractivity contribution is -0.385. The SMILES string of the molecule is NC(CCCCC(=O)c1ccc(CBr)c([N+](=O)[O-])c1)C(=O)ON1C(=O)CC(S(=O)(=O)O)C1=O. The van der Waals surface area contributed by atoms with Crippen LogP contribution in [0.2, 0.25) is 0 Å². The number of nitrogens with zero attached hydrogens (tertiary/aromatic N) is 2. The maximum absolute atomic E-state index is 12.3. The van der Waals surface area contributed by atoms with E-state index in [2.05, 4.69) is 20.8 Å². The smallest absolute Gasteiger partial charge is 0.329 e. The monoisotopic (exact) mass is 549 g/mol. The maximum atomic E-state index is 12.3. The Kier molecular flexibility index (Phi) is 8.76. The summed E-state index contributed by atoms with van der Waals surface area (Å²) < 4.78 is 31.1. The van der Waals surface area contributed by atoms with Gasteiger partial charge in [0.05, 0.1) is 11.3 Å². The van der Waals surface area contributed by atoms with Crippen molar-refractivity contribution in [2.45, 2.75) is 48.7 Å². The van der Waals surface area contributed by atoms with E-state index in [-0.39, 0.29) is 46.7 Å². The number of nitro benzene ring substituents is 1. The number of benzene rings is 1. The van der Waals surface area contributed by atoms with Crippen LogP contribution in [0.3, 0.4) is 0 Å². The third-order valence-electron chi connectivity index (χ3n) is 4.82. The first kappa shape index (κ1) is 26.5. The van der Waals surface area contributed by atoms with Gasteiger partial charge in [0, 0.05) is 28.9 Å². The minimum atomic E-state index is -4.84. The summed E-state index contributed by atoms with van der Waals surface area (Å²) in [6.07, 6.45) is -0.241. The molecule has 0 radical (unpaired) electrons. The first-order chi connectivity index (χ1) is 15.4. The van der Waals surface area contributed by atoms with E-state index in [0.717, 1.165) is 0 Å². The van der Waals surface area contributed by atoms with Crippen LogP contribution in [0.25, 0.3) is 0 Å². The molecule has 2 rings (SSSR count). The molecular weight excluding hydrogens is 530 g/mol. The lowest BCUT2D eigenvalue weighted by Crippen LogP contribution is -2.42. The summed E-state index contributed by atoms with van der Waals surface area (Å²) in [5, 5.41) is 9.30. The van der Waals surface area contributed by atoms with Crippen molar-refractivity contribution in [3.05, 3.63) is 39.4 Å². The molecule has 1 fully saturated rings. The highest BCUT2D eigenvalue weighted by Crippen LogP contribution is 2.24. The van der Waals surface area contributed by atoms with Crippen molar-refractivity contribution in [2.75, 3.05) is 0 Å². The number of rotatable bonds is 11. The quantitative estimate of drug-likeness (QED) is 0.0757. The van der Waals surface area contributed by atoms with Crippen LogP contribution in [0.5, 0.6) is 0 Å². The number of carbonyl (C=O) groups excluding carboxylic acids is 4. The third-order valence-corrected chi connectivity index (χ3v) is 6.51. The number of carbonyl (C=O) groups is 4. The Balaban J connectivity index is 1.84. The maximum Gasteiger partial charge on any atom is 0.349 e. The average molecular weight is 550 g/mol. The van der Waals surface area contributed by atoms with E-state index in [1.54, 1.807) is 0 Å². The second-order valence-electron chi connectivity index (χ2n) is 7.15. The minimum absolute atomic E-state index is 0.0206. The second-order valence-corrected chi connectivity index (χ2v) is 9.31. The van der Waals surface area contributed by atoms with Gasteiger partial charge in [0.1, 0.15) is 6.04 Å². The molecule has 1 aromatic rings. The van der Waals surface area contributed by atoms with Gasteiger partial charge in [-0.2, -0.15) is 8.42 Å². The zero-order valence-corrected chi connectivity index (χ0v) is 19.4. The fourth-order valence-electron chi connectivity index (χ4n) is 3.00. The standard InChI is InChI=1S/C18H20BrN3O10S/c19-9-11-6-5-10(7-13(11)22(27)28)14(23)4-2-1-3-12(20)18(26)32-21-16(24)8-15(17(21)25)33(29,30)31/h5-7,12,15H,1-4,8-9,20H2,(H,29,30,31). The summed E-state index contributed by atoms with van der Waals surface area (Å²) in [7, 11) is -4.84. The van der Waals surface area contributed by atoms with E-state index in [4.69, 9.17) is 10.3 Å². The Hall–Kier alpha value is -2.75. The van der Waals surface area contributed by atoms with Crippen molar-refractivity contribution in [1.82, 2.24) is 5.06 Å². The van der Waals surface area contributed by atoms with E-state index in [1.807, 2.05) is 0 Å². The minimum Gasteiger partial charge on any atom is -0.329 e. The Morgan fingerprint density at radius 1 is 1.33 bits per heavy atom. The normalized spacial score (nSPS) is 17.2. The topological polar surface area (TPSA) is 204 Å². The summed E-state index contributed by atoms with van der Waals surface area (Å²) in [6, 6.07) is 2.90. The number of hydrogen-bond donors (Lipinski definition) is 2. The number of ketones is 1. The van der Waals surface area contributed by atoms with Crippen LogP contribution in [0.1, 0.15) is 48.0 Å². The van der Waals surface area contributed by atoms with Crippen LogP contribution in [-0.2, 0) is 34.7 Å². The number of hydrogen-bond acceptors (Lipinski definition) is 10. The number of Topliss-reactive ketones (excluding diaryl/α,β-unsaturated/α-hetero) is 1. The van der Waals surface area contributed by atoms with Crippen LogP contribution in [0.15, 0.2) is 18.2 Å². The Morgan fingerprint density at radius 2 is 2.00 bits per heavy atom. The summed E-state index contributed by atoms with van der Waals surface area (Å²) in [5.41, 5.74) is 6.09. The first-order valence-electron chi connectivity index (χ1n) is 9.53. The third kappa shape index (κ3) is 6.63. The van der Waals surface area contributed by atoms with Gasteiger partial charge in [-0.3, -0.25) is 29.1 Å². The molecule has 180 valence electrons. The average Bonchev–Trinajstić information content (AvgIpc) is 3.04. The van der Waals surface area contributed by atoms with Crippen molar-refractivity contribution in [3.8, 4) is 0 Å². The molecule has 1 aromatic carbocycles. The van der Waals surface area contributed by atoms with E-state index < -0.39 is 50.5 Å². The van der Waals surface area contributed by atoms with E-state index in [9.17, 15) is 37.7 Å². The van der Waals surface area contributed by atoms with Crippen molar-refractivity contribution in [3.63, 3.8) is 0 Å². The number of halogens is 1. The molecule has 0 bridgehead atoms. The van der Waals surface area contributed by atoms with Crippen LogP contribution in [-0.4, -0.2) is 57.8 Å². The summed E-state index contributed by atoms with van der Waals surface area (Å²) in [5.74, 6) is -4.01. The predicted molar refractivity (Wildman–Crippen MR) is 114 cm³/mol. The molecule has 0 aliphatic carbocycles. The van der Waals surface area contributed by atoms with Gasteiger partial charge >= 0.3 is 5.97 Å². The van der Waals surface area contributed by atoms with Crippen LogP contribution >= 0.6 is 15.9 Å². The van der Waals surface area contributed by atoms with Crippen molar-refractivity contribution in [1.29, 1.82) is 0 Å². The number of hydroxylamine groups is 2. The van der Waals surface area contributed by atoms with Crippen LogP contribution in [0, 0.1) is 10.1 Å². The van der Waals surface area contributed by atoms with Crippen molar-refractivity contribution in [2.24, 2.45) is 5.73 Å². The lowest BCUT2D eigenvalue weighted by Gasteiger charge is -2.16. The van der Waals surface area contributed by atoms with Gasteiger partial charge in [-0.25, -0.2) is 4.79 Å². The molecule has 15 heteroatoms. The van der Waals surface area contributed by atoms with Crippen LogP contribution in [0.4, 0.5) is 5.69 Å². The number of unbranched alkanes of at least 4 members (excludes halogenated alkanes) is 1. The molecule has 2 amide bonds. The summed E-state index contributed by atoms with van der Waals surface area (Å²) >= 11 is 3.14. The highest BCUT2D eigenvalue weighted by Gasteiger charge is 2.48. The van der Waals surface area contributed by atoms with Crippen molar-refractivity contribution >= 4 is 55.3 Å². The molecule has 13 nitrogen and oxygen atoms in total. The fourth-order valence-corrected chi connectivity index (χ4v) is 4.18. The molecule has 0 aromatic heterocycles. The molecule has 1 heterocycles. The molecule has 1 aliphatic heterocycles. The molecule has 3 N–H and O–H groups in total.